The highest BCUT2D eigenvalue weighted by Crippen LogP contribution is 2.68. The molecule has 7 nitrogen and oxygen atoms in total. The van der Waals surface area contributed by atoms with Gasteiger partial charge in [0.2, 0.25) is 11.8 Å². The number of aliphatic hydroxyl groups excluding tert-OH is 1. The topological polar surface area (TPSA) is 98.2 Å². The van der Waals surface area contributed by atoms with Crippen LogP contribution in [0.3, 0.4) is 0 Å². The Morgan fingerprint density at radius 1 is 1.42 bits per heavy atom. The third kappa shape index (κ3) is 3.95. The first-order chi connectivity index (χ1) is 14.8. The lowest BCUT2D eigenvalue weighted by Gasteiger charge is -2.39. The molecule has 3 saturated heterocycles. The van der Waals surface area contributed by atoms with Crippen molar-refractivity contribution in [3.63, 3.8) is 0 Å². The largest absolute Gasteiger partial charge is 0.481 e. The van der Waals surface area contributed by atoms with Crippen LogP contribution >= 0.6 is 27.7 Å². The van der Waals surface area contributed by atoms with E-state index in [1.165, 1.54) is 16.7 Å². The number of unbranched alkanes of at least 4 members (excludes halogenated alkanes) is 2. The maximum atomic E-state index is 14.0. The molecule has 3 aliphatic rings. The minimum absolute atomic E-state index is 0.0694. The van der Waals surface area contributed by atoms with Crippen LogP contribution in [0.1, 0.15) is 46.0 Å². The van der Waals surface area contributed by atoms with Crippen molar-refractivity contribution in [1.82, 2.24) is 9.80 Å². The molecule has 0 aliphatic carbocycles. The van der Waals surface area contributed by atoms with Crippen LogP contribution in [0.25, 0.3) is 0 Å². The fraction of sp³-hybridized carbons (Fsp3) is 0.773. The predicted molar refractivity (Wildman–Crippen MR) is 124 cm³/mol. The van der Waals surface area contributed by atoms with E-state index < -0.39 is 34.6 Å². The van der Waals surface area contributed by atoms with Crippen molar-refractivity contribution in [2.75, 3.05) is 19.7 Å². The van der Waals surface area contributed by atoms with Gasteiger partial charge in [-0.1, -0.05) is 48.7 Å². The lowest BCUT2D eigenvalue weighted by Crippen LogP contribution is -2.57. The standard InChI is InChI=1S/C22H33BrN2O5S/c1-4-7-8-10-24(9-5-2)20(28)18-22-11-14(23)17(31-22)15(21(29)30)16(22)19(27)25(18)13(6-3)12-26/h5,13-18,26H,2,4,6-12H2,1,3H3,(H,29,30)/t13-,14?,15-,16-,17-,18?,22?/m0/s1. The number of carboxylic acids is 1. The molecule has 3 rings (SSSR count). The van der Waals surface area contributed by atoms with Gasteiger partial charge in [0, 0.05) is 23.2 Å². The molecule has 0 aromatic carbocycles. The van der Waals surface area contributed by atoms with Crippen LogP contribution in [-0.2, 0) is 14.4 Å². The summed E-state index contributed by atoms with van der Waals surface area (Å²) < 4.78 is -0.789. The highest BCUT2D eigenvalue weighted by Gasteiger charge is 2.76. The number of carboxylic acid groups (broad SMARTS) is 1. The van der Waals surface area contributed by atoms with Gasteiger partial charge >= 0.3 is 5.97 Å². The van der Waals surface area contributed by atoms with E-state index in [1.54, 1.807) is 11.0 Å². The Morgan fingerprint density at radius 2 is 2.13 bits per heavy atom. The molecule has 0 aromatic heterocycles. The molecular weight excluding hydrogens is 484 g/mol. The Hall–Kier alpha value is -1.06. The zero-order valence-electron chi connectivity index (χ0n) is 18.2. The molecule has 1 spiro atoms. The number of amides is 2. The quantitative estimate of drug-likeness (QED) is 0.248. The zero-order chi connectivity index (χ0) is 22.9. The molecule has 3 unspecified atom stereocenters. The van der Waals surface area contributed by atoms with Crippen LogP contribution in [0, 0.1) is 11.8 Å². The second-order valence-electron chi connectivity index (χ2n) is 8.77. The maximum Gasteiger partial charge on any atom is 0.308 e. The van der Waals surface area contributed by atoms with E-state index in [1.807, 2.05) is 6.92 Å². The van der Waals surface area contributed by atoms with E-state index in [9.17, 15) is 24.6 Å². The number of hydrogen-bond acceptors (Lipinski definition) is 5. The molecule has 31 heavy (non-hydrogen) atoms. The smallest absolute Gasteiger partial charge is 0.308 e. The Labute approximate surface area is 196 Å². The van der Waals surface area contributed by atoms with Gasteiger partial charge in [0.05, 0.1) is 29.2 Å². The number of aliphatic hydroxyl groups is 1. The summed E-state index contributed by atoms with van der Waals surface area (Å²) in [6.07, 6.45) is 5.64. The van der Waals surface area contributed by atoms with Crippen molar-refractivity contribution in [1.29, 1.82) is 0 Å². The second-order valence-corrected chi connectivity index (χ2v) is 11.5. The van der Waals surface area contributed by atoms with Crippen molar-refractivity contribution >= 4 is 45.5 Å². The summed E-state index contributed by atoms with van der Waals surface area (Å²) in [5.74, 6) is -3.02. The summed E-state index contributed by atoms with van der Waals surface area (Å²) in [5, 5.41) is 19.7. The fourth-order valence-electron chi connectivity index (χ4n) is 5.61. The van der Waals surface area contributed by atoms with E-state index in [2.05, 4.69) is 29.4 Å². The SMILES string of the molecule is C=CCN(CCCCC)C(=O)C1N([C@@H](CC)CO)C(=O)[C@@H]2[C@H](C(=O)O)[C@H]3SC12CC3Br. The summed E-state index contributed by atoms with van der Waals surface area (Å²) in [7, 11) is 0. The van der Waals surface area contributed by atoms with Gasteiger partial charge in [0.1, 0.15) is 6.04 Å². The highest BCUT2D eigenvalue weighted by molar-refractivity contribution is 9.09. The molecule has 3 heterocycles. The molecule has 2 bridgehead atoms. The van der Waals surface area contributed by atoms with Gasteiger partial charge in [-0.3, -0.25) is 14.4 Å². The van der Waals surface area contributed by atoms with Gasteiger partial charge in [0.25, 0.3) is 0 Å². The van der Waals surface area contributed by atoms with Crippen molar-refractivity contribution in [3.8, 4) is 0 Å². The fourth-order valence-corrected chi connectivity index (χ4v) is 9.20. The lowest BCUT2D eigenvalue weighted by atomic mass is 9.71. The molecule has 0 radical (unpaired) electrons. The number of carbonyl (C=O) groups is 3. The van der Waals surface area contributed by atoms with E-state index in [4.69, 9.17) is 0 Å². The Balaban J connectivity index is 2.05. The van der Waals surface area contributed by atoms with Crippen molar-refractivity contribution in [2.45, 2.75) is 72.9 Å². The normalized spacial score (nSPS) is 34.6. The first-order valence-corrected chi connectivity index (χ1v) is 13.0. The van der Waals surface area contributed by atoms with Gasteiger partial charge < -0.3 is 20.0 Å². The van der Waals surface area contributed by atoms with Gasteiger partial charge in [0.15, 0.2) is 0 Å². The Kier molecular flexibility index (Phi) is 7.79. The number of aliphatic carboxylic acids is 1. The van der Waals surface area contributed by atoms with Crippen LogP contribution in [0.15, 0.2) is 12.7 Å². The molecule has 0 saturated carbocycles. The number of halogens is 1. The molecular formula is C22H33BrN2O5S. The van der Waals surface area contributed by atoms with Crippen molar-refractivity contribution in [3.05, 3.63) is 12.7 Å². The van der Waals surface area contributed by atoms with Crippen LogP contribution in [-0.4, -0.2) is 84.4 Å². The van der Waals surface area contributed by atoms with Crippen LogP contribution in [0.5, 0.6) is 0 Å². The summed E-state index contributed by atoms with van der Waals surface area (Å²) in [5.41, 5.74) is 0. The number of carbonyl (C=O) groups excluding carboxylic acids is 2. The third-order valence-corrected chi connectivity index (χ3v) is 10.2. The number of likely N-dealkylation sites (tertiary alicyclic amines) is 1. The molecule has 3 aliphatic heterocycles. The Morgan fingerprint density at radius 3 is 2.68 bits per heavy atom. The number of alkyl halides is 1. The van der Waals surface area contributed by atoms with Gasteiger partial charge in [-0.25, -0.2) is 0 Å². The van der Waals surface area contributed by atoms with Gasteiger partial charge in [-0.05, 0) is 19.3 Å². The minimum Gasteiger partial charge on any atom is -0.481 e. The van der Waals surface area contributed by atoms with Crippen LogP contribution in [0.4, 0.5) is 0 Å². The summed E-state index contributed by atoms with van der Waals surface area (Å²) in [6, 6.07) is -1.28. The highest BCUT2D eigenvalue weighted by atomic mass is 79.9. The number of nitrogens with zero attached hydrogens (tertiary/aromatic N) is 2. The average Bonchev–Trinajstić information content (AvgIpc) is 3.32. The molecule has 9 heteroatoms. The number of rotatable bonds is 11. The van der Waals surface area contributed by atoms with Crippen molar-refractivity contribution in [2.24, 2.45) is 11.8 Å². The number of thioether (sulfide) groups is 1. The van der Waals surface area contributed by atoms with Crippen LogP contribution < -0.4 is 0 Å². The molecule has 2 N–H and O–H groups in total. The summed E-state index contributed by atoms with van der Waals surface area (Å²) in [4.78, 5) is 43.0. The number of fused-ring (bicyclic) bond motifs is 1. The molecule has 174 valence electrons. The van der Waals surface area contributed by atoms with Crippen LogP contribution in [0.2, 0.25) is 0 Å². The molecule has 2 amide bonds. The van der Waals surface area contributed by atoms with E-state index in [0.717, 1.165) is 19.3 Å². The predicted octanol–water partition coefficient (Wildman–Crippen LogP) is 2.51. The van der Waals surface area contributed by atoms with E-state index >= 15 is 0 Å². The molecule has 0 aromatic rings. The molecule has 3 fully saturated rings. The minimum atomic E-state index is -0.988. The lowest BCUT2D eigenvalue weighted by molar-refractivity contribution is -0.149. The maximum absolute atomic E-state index is 14.0. The van der Waals surface area contributed by atoms with E-state index in [0.29, 0.717) is 25.9 Å². The third-order valence-electron chi connectivity index (χ3n) is 7.01. The van der Waals surface area contributed by atoms with E-state index in [-0.39, 0.29) is 28.5 Å². The zero-order valence-corrected chi connectivity index (χ0v) is 20.6. The van der Waals surface area contributed by atoms with Gasteiger partial charge in [-0.2, -0.15) is 0 Å². The Bertz CT molecular complexity index is 733. The monoisotopic (exact) mass is 516 g/mol. The number of hydrogen-bond donors (Lipinski definition) is 2. The van der Waals surface area contributed by atoms with Crippen molar-refractivity contribution < 1.29 is 24.6 Å². The summed E-state index contributed by atoms with van der Waals surface area (Å²) >= 11 is 5.13. The first kappa shape index (κ1) is 24.6. The first-order valence-electron chi connectivity index (χ1n) is 11.2. The average molecular weight is 517 g/mol. The second kappa shape index (κ2) is 9.83. The van der Waals surface area contributed by atoms with Gasteiger partial charge in [-0.15, -0.1) is 18.3 Å². The summed E-state index contributed by atoms with van der Waals surface area (Å²) in [6.45, 7) is 8.46. The molecule has 7 atom stereocenters.